The van der Waals surface area contributed by atoms with E-state index in [1.807, 2.05) is 21.1 Å². The van der Waals surface area contributed by atoms with Crippen LogP contribution in [0.1, 0.15) is 142 Å². The van der Waals surface area contributed by atoms with Gasteiger partial charge >= 0.3 is 11.9 Å². The number of quaternary nitrogens is 1. The van der Waals surface area contributed by atoms with Crippen LogP contribution in [-0.2, 0) is 37.4 Å². The molecule has 0 aliphatic carbocycles. The van der Waals surface area contributed by atoms with Gasteiger partial charge in [0, 0.05) is 12.8 Å². The van der Waals surface area contributed by atoms with E-state index in [9.17, 15) is 19.0 Å². The normalized spacial score (nSPS) is 17.9. The van der Waals surface area contributed by atoms with Gasteiger partial charge in [-0.25, -0.2) is 0 Å². The number of esters is 2. The lowest BCUT2D eigenvalue weighted by Crippen LogP contribution is -2.37. The van der Waals surface area contributed by atoms with E-state index in [4.69, 9.17) is 23.3 Å². The van der Waals surface area contributed by atoms with Gasteiger partial charge in [0.15, 0.2) is 6.10 Å². The second-order valence-corrected chi connectivity index (χ2v) is 17.1. The molecule has 1 aliphatic rings. The first-order chi connectivity index (χ1) is 27.5. The number of unbranched alkanes of at least 4 members (excludes halogenated alkanes) is 9. The molecular weight excluding hydrogens is 741 g/mol. The molecule has 0 aromatic rings. The van der Waals surface area contributed by atoms with Crippen LogP contribution in [0.15, 0.2) is 72.9 Å². The summed E-state index contributed by atoms with van der Waals surface area (Å²) in [5, 5.41) is 0. The van der Waals surface area contributed by atoms with Crippen molar-refractivity contribution in [3.8, 4) is 0 Å². The lowest BCUT2D eigenvalue weighted by molar-refractivity contribution is -0.870. The first-order valence-corrected chi connectivity index (χ1v) is 23.2. The van der Waals surface area contributed by atoms with Crippen molar-refractivity contribution in [3.63, 3.8) is 0 Å². The second-order valence-electron chi connectivity index (χ2n) is 15.7. The van der Waals surface area contributed by atoms with Crippen molar-refractivity contribution in [2.45, 2.75) is 161 Å². The van der Waals surface area contributed by atoms with Gasteiger partial charge in [0.25, 0.3) is 7.82 Å². The maximum Gasteiger partial charge on any atom is 0.306 e. The number of carbonyl (C=O) groups is 2. The van der Waals surface area contributed by atoms with Crippen molar-refractivity contribution < 1.29 is 46.8 Å². The number of phosphoric ester groups is 1. The molecule has 10 nitrogen and oxygen atoms in total. The summed E-state index contributed by atoms with van der Waals surface area (Å²) in [5.74, 6) is -0.936. The highest BCUT2D eigenvalue weighted by Gasteiger charge is 2.36. The largest absolute Gasteiger partial charge is 0.756 e. The average Bonchev–Trinajstić information content (AvgIpc) is 3.92. The lowest BCUT2D eigenvalue weighted by atomic mass is 10.1. The molecule has 0 aromatic carbocycles. The molecule has 4 atom stereocenters. The zero-order valence-corrected chi connectivity index (χ0v) is 37.1. The minimum absolute atomic E-state index is 0.0496. The maximum absolute atomic E-state index is 12.7. The van der Waals surface area contributed by atoms with Crippen molar-refractivity contribution in [3.05, 3.63) is 72.9 Å². The third kappa shape index (κ3) is 35.1. The van der Waals surface area contributed by atoms with Crippen LogP contribution in [0.3, 0.4) is 0 Å². The molecule has 1 fully saturated rings. The third-order valence-electron chi connectivity index (χ3n) is 9.11. The van der Waals surface area contributed by atoms with Gasteiger partial charge in [0.1, 0.15) is 19.8 Å². The fourth-order valence-corrected chi connectivity index (χ4v) is 6.31. The summed E-state index contributed by atoms with van der Waals surface area (Å²) in [4.78, 5) is 37.6. The van der Waals surface area contributed by atoms with E-state index in [1.54, 1.807) is 0 Å². The van der Waals surface area contributed by atoms with Gasteiger partial charge < -0.3 is 32.6 Å². The number of hydrogen-bond acceptors (Lipinski definition) is 9. The predicted octanol–water partition coefficient (Wildman–Crippen LogP) is 10.6. The minimum atomic E-state index is -4.65. The molecule has 1 rings (SSSR count). The van der Waals surface area contributed by atoms with E-state index in [0.29, 0.717) is 30.3 Å². The van der Waals surface area contributed by atoms with Gasteiger partial charge in [-0.05, 0) is 83.5 Å². The fraction of sp³-hybridized carbons (Fsp3) is 0.696. The number of epoxide rings is 1. The first kappa shape index (κ1) is 52.4. The lowest BCUT2D eigenvalue weighted by Gasteiger charge is -2.28. The van der Waals surface area contributed by atoms with Crippen LogP contribution in [0.5, 0.6) is 0 Å². The molecule has 0 radical (unpaired) electrons. The molecule has 0 spiro atoms. The number of hydrogen-bond donors (Lipinski definition) is 0. The standard InChI is InChI=1S/C46H78NO9P/c1-6-8-10-12-14-16-17-18-19-20-21-23-25-27-33-37-46(49)55-42(41-54-57(50,51)53-39-38-47(3,4)5)40-52-45(48)36-32-29-28-31-35-44-43(56-44)34-30-26-24-22-15-13-11-9-7-2/h8,10,14-16,18-19,22,26,28,30-31,42-44H,6-7,9,11-13,17,20-21,23-25,27,29,32-41H2,1-5H3/b10-8-,16-14-,19-18-,22-15-,30-26-,31-28-/t42-,43?,44?/m1/s1. The summed E-state index contributed by atoms with van der Waals surface area (Å²) in [6.07, 6.45) is 43.9. The smallest absolute Gasteiger partial charge is 0.306 e. The Kier molecular flexibility index (Phi) is 31.5. The summed E-state index contributed by atoms with van der Waals surface area (Å²) in [5.41, 5.74) is 0. The Morgan fingerprint density at radius 1 is 0.649 bits per heavy atom. The Morgan fingerprint density at radius 3 is 1.82 bits per heavy atom. The van der Waals surface area contributed by atoms with Crippen LogP contribution >= 0.6 is 7.82 Å². The monoisotopic (exact) mass is 820 g/mol. The second kappa shape index (κ2) is 34.3. The summed E-state index contributed by atoms with van der Waals surface area (Å²) in [7, 11) is 1.10. The Hall–Kier alpha value is -2.59. The highest BCUT2D eigenvalue weighted by molar-refractivity contribution is 7.45. The SMILES string of the molecule is CC/C=C\C/C=C\C/C=C\CCCCCCCC(=O)O[C@H](COC(=O)CCC/C=C\CC1OC1C/C=C\C/C=C\CCCCC)COP(=O)([O-])OCC[N+](C)(C)C. The summed E-state index contributed by atoms with van der Waals surface area (Å²) < 4.78 is 39.6. The Labute approximate surface area is 346 Å². The van der Waals surface area contributed by atoms with Crippen molar-refractivity contribution in [2.24, 2.45) is 0 Å². The number of carbonyl (C=O) groups excluding carboxylic acids is 2. The zero-order valence-electron chi connectivity index (χ0n) is 36.2. The topological polar surface area (TPSA) is 124 Å². The van der Waals surface area contributed by atoms with Crippen LogP contribution in [0, 0.1) is 0 Å². The Morgan fingerprint density at radius 2 is 1.18 bits per heavy atom. The van der Waals surface area contributed by atoms with Gasteiger partial charge in [-0.15, -0.1) is 0 Å². The van der Waals surface area contributed by atoms with Crippen LogP contribution in [0.2, 0.25) is 0 Å². The number of rotatable bonds is 37. The molecule has 326 valence electrons. The molecule has 0 amide bonds. The maximum atomic E-state index is 12.7. The average molecular weight is 820 g/mol. The molecule has 0 aromatic heterocycles. The van der Waals surface area contributed by atoms with Gasteiger partial charge in [0.05, 0.1) is 40.0 Å². The number of nitrogens with zero attached hydrogens (tertiary/aromatic N) is 1. The van der Waals surface area contributed by atoms with Crippen LogP contribution in [0.4, 0.5) is 0 Å². The summed E-state index contributed by atoms with van der Waals surface area (Å²) in [6, 6.07) is 0. The van der Waals surface area contributed by atoms with E-state index in [-0.39, 0.29) is 38.3 Å². The van der Waals surface area contributed by atoms with Crippen LogP contribution < -0.4 is 4.89 Å². The number of allylic oxidation sites excluding steroid dienone is 10. The Bertz CT molecular complexity index is 1270. The van der Waals surface area contributed by atoms with Gasteiger partial charge in [-0.1, -0.05) is 119 Å². The van der Waals surface area contributed by atoms with E-state index in [1.165, 1.54) is 19.3 Å². The molecule has 0 saturated carbocycles. The summed E-state index contributed by atoms with van der Waals surface area (Å²) >= 11 is 0. The third-order valence-corrected chi connectivity index (χ3v) is 10.1. The van der Waals surface area contributed by atoms with Crippen molar-refractivity contribution in [1.29, 1.82) is 0 Å². The minimum Gasteiger partial charge on any atom is -0.756 e. The molecule has 0 bridgehead atoms. The summed E-state index contributed by atoms with van der Waals surface area (Å²) in [6.45, 7) is 3.96. The number of likely N-dealkylation sites (N-methyl/N-ethyl adjacent to an activating group) is 1. The quantitative estimate of drug-likeness (QED) is 0.0150. The molecule has 1 aliphatic heterocycles. The molecule has 0 N–H and O–H groups in total. The van der Waals surface area contributed by atoms with Crippen LogP contribution in [-0.4, -0.2) is 82.2 Å². The molecule has 11 heteroatoms. The van der Waals surface area contributed by atoms with Gasteiger partial charge in [-0.2, -0.15) is 0 Å². The molecule has 1 saturated heterocycles. The zero-order chi connectivity index (χ0) is 41.9. The van der Waals surface area contributed by atoms with E-state index in [2.05, 4.69) is 86.8 Å². The van der Waals surface area contributed by atoms with Crippen molar-refractivity contribution >= 4 is 19.8 Å². The van der Waals surface area contributed by atoms with E-state index >= 15 is 0 Å². The highest BCUT2D eigenvalue weighted by atomic mass is 31.2. The highest BCUT2D eigenvalue weighted by Crippen LogP contribution is 2.38. The molecule has 3 unspecified atom stereocenters. The van der Waals surface area contributed by atoms with E-state index < -0.39 is 32.5 Å². The molecule has 57 heavy (non-hydrogen) atoms. The predicted molar refractivity (Wildman–Crippen MR) is 230 cm³/mol. The van der Waals surface area contributed by atoms with Gasteiger partial charge in [-0.3, -0.25) is 14.2 Å². The van der Waals surface area contributed by atoms with Crippen LogP contribution in [0.25, 0.3) is 0 Å². The Balaban J connectivity index is 2.35. The van der Waals surface area contributed by atoms with Gasteiger partial charge in [0.2, 0.25) is 0 Å². The molecular formula is C46H78NO9P. The van der Waals surface area contributed by atoms with Crippen molar-refractivity contribution in [1.82, 2.24) is 0 Å². The molecule has 1 heterocycles. The van der Waals surface area contributed by atoms with Crippen molar-refractivity contribution in [2.75, 3.05) is 47.5 Å². The number of phosphoric acid groups is 1. The number of ether oxygens (including phenoxy) is 3. The van der Waals surface area contributed by atoms with E-state index in [0.717, 1.165) is 77.0 Å². The first-order valence-electron chi connectivity index (χ1n) is 21.8. The fourth-order valence-electron chi connectivity index (χ4n) is 5.58.